The maximum absolute atomic E-state index is 13.1. The van der Waals surface area contributed by atoms with Gasteiger partial charge in [0.25, 0.3) is 5.88 Å². The average molecular weight is 442 g/mol. The number of nitrogens with zero attached hydrogens (tertiary/aromatic N) is 3. The number of oxime groups is 1. The second-order valence-electron chi connectivity index (χ2n) is 5.50. The Bertz CT molecular complexity index is 847. The van der Waals surface area contributed by atoms with Crippen molar-refractivity contribution < 1.29 is 32.3 Å². The summed E-state index contributed by atoms with van der Waals surface area (Å²) >= 11 is 11.9. The van der Waals surface area contributed by atoms with Crippen molar-refractivity contribution in [3.05, 3.63) is 33.5 Å². The van der Waals surface area contributed by atoms with E-state index < -0.39 is 34.8 Å². The summed E-state index contributed by atoms with van der Waals surface area (Å²) in [7, 11) is 2.30. The van der Waals surface area contributed by atoms with Crippen LogP contribution in [0.25, 0.3) is 0 Å². The summed E-state index contributed by atoms with van der Waals surface area (Å²) in [4.78, 5) is 17.1. The zero-order valence-electron chi connectivity index (χ0n) is 15.0. The Morgan fingerprint density at radius 1 is 1.39 bits per heavy atom. The predicted molar refractivity (Wildman–Crippen MR) is 95.3 cm³/mol. The van der Waals surface area contributed by atoms with Crippen LogP contribution in [0.2, 0.25) is 5.02 Å². The molecule has 0 aliphatic heterocycles. The fourth-order valence-corrected chi connectivity index (χ4v) is 2.91. The summed E-state index contributed by atoms with van der Waals surface area (Å²) in [5.74, 6) is -1.27. The number of halogens is 5. The Morgan fingerprint density at radius 2 is 2.07 bits per heavy atom. The second kappa shape index (κ2) is 8.87. The van der Waals surface area contributed by atoms with Gasteiger partial charge in [0.2, 0.25) is 0 Å². The second-order valence-corrected chi connectivity index (χ2v) is 6.29. The molecule has 1 heterocycles. The van der Waals surface area contributed by atoms with Gasteiger partial charge in [-0.15, -0.1) is 5.10 Å². The Morgan fingerprint density at radius 3 is 2.61 bits per heavy atom. The Hall–Kier alpha value is -2.20. The maximum Gasteiger partial charge on any atom is 0.434 e. The Balaban J connectivity index is 2.39. The number of alkyl halides is 3. The molecule has 0 radical (unpaired) electrons. The van der Waals surface area contributed by atoms with E-state index in [1.807, 2.05) is 0 Å². The van der Waals surface area contributed by atoms with E-state index in [4.69, 9.17) is 37.5 Å². The summed E-state index contributed by atoms with van der Waals surface area (Å²) in [5.41, 5.74) is -1.40. The van der Waals surface area contributed by atoms with E-state index in [2.05, 4.69) is 10.3 Å². The SMILES string of the molecule is CCCOC(=O)C1=C(Cl)C=CC(Oc2nn(C)c(C(F)(F)F)c2Cl)C1=NOC. The first-order valence-electron chi connectivity index (χ1n) is 7.94. The molecule has 1 aromatic heterocycles. The van der Waals surface area contributed by atoms with Crippen LogP contribution in [0, 0.1) is 0 Å². The lowest BCUT2D eigenvalue weighted by Crippen LogP contribution is -2.33. The molecule has 0 bridgehead atoms. The zero-order valence-corrected chi connectivity index (χ0v) is 16.5. The number of allylic oxidation sites excluding steroid dienone is 2. The minimum atomic E-state index is -4.73. The third-order valence-corrected chi connectivity index (χ3v) is 4.14. The van der Waals surface area contributed by atoms with Crippen molar-refractivity contribution in [2.45, 2.75) is 25.6 Å². The fraction of sp³-hybridized carbons (Fsp3) is 0.438. The molecule has 1 aliphatic carbocycles. The minimum absolute atomic E-state index is 0.0138. The monoisotopic (exact) mass is 441 g/mol. The van der Waals surface area contributed by atoms with Crippen molar-refractivity contribution in [1.82, 2.24) is 9.78 Å². The third kappa shape index (κ3) is 4.61. The van der Waals surface area contributed by atoms with Crippen molar-refractivity contribution in [2.24, 2.45) is 12.2 Å². The molecular weight excluding hydrogens is 426 g/mol. The number of aromatic nitrogens is 2. The van der Waals surface area contributed by atoms with E-state index >= 15 is 0 Å². The van der Waals surface area contributed by atoms with Gasteiger partial charge in [-0.2, -0.15) is 13.2 Å². The van der Waals surface area contributed by atoms with Crippen LogP contribution >= 0.6 is 23.2 Å². The van der Waals surface area contributed by atoms with Gasteiger partial charge in [0.15, 0.2) is 11.8 Å². The summed E-state index contributed by atoms with van der Waals surface area (Å²) in [6.45, 7) is 1.95. The van der Waals surface area contributed by atoms with Gasteiger partial charge in [-0.3, -0.25) is 4.68 Å². The topological polar surface area (TPSA) is 74.9 Å². The number of aryl methyl sites for hydroxylation is 1. The first kappa shape index (κ1) is 22.1. The lowest BCUT2D eigenvalue weighted by Gasteiger charge is -2.21. The van der Waals surface area contributed by atoms with Crippen molar-refractivity contribution in [1.29, 1.82) is 0 Å². The fourth-order valence-electron chi connectivity index (χ4n) is 2.35. The van der Waals surface area contributed by atoms with Gasteiger partial charge in [-0.25, -0.2) is 4.79 Å². The van der Waals surface area contributed by atoms with E-state index in [1.54, 1.807) is 6.92 Å². The van der Waals surface area contributed by atoms with E-state index in [0.717, 1.165) is 7.05 Å². The van der Waals surface area contributed by atoms with E-state index in [1.165, 1.54) is 19.3 Å². The quantitative estimate of drug-likeness (QED) is 0.494. The first-order chi connectivity index (χ1) is 13.1. The molecule has 1 atom stereocenters. The molecule has 0 fully saturated rings. The van der Waals surface area contributed by atoms with Gasteiger partial charge in [0.05, 0.1) is 11.6 Å². The third-order valence-electron chi connectivity index (χ3n) is 3.48. The lowest BCUT2D eigenvalue weighted by atomic mass is 9.99. The number of esters is 1. The summed E-state index contributed by atoms with van der Waals surface area (Å²) in [6, 6.07) is 0. The van der Waals surface area contributed by atoms with Crippen LogP contribution in [0.4, 0.5) is 13.2 Å². The number of carbonyl (C=O) groups is 1. The van der Waals surface area contributed by atoms with Gasteiger partial charge in [0, 0.05) is 7.05 Å². The first-order valence-corrected chi connectivity index (χ1v) is 8.70. The Labute approximate surface area is 168 Å². The van der Waals surface area contributed by atoms with E-state index in [9.17, 15) is 18.0 Å². The molecular formula is C16H16Cl2F3N3O4. The molecule has 1 aliphatic rings. The van der Waals surface area contributed by atoms with Crippen molar-refractivity contribution in [3.8, 4) is 5.88 Å². The number of carbonyl (C=O) groups excluding carboxylic acids is 1. The largest absolute Gasteiger partial charge is 0.462 e. The van der Waals surface area contributed by atoms with Crippen LogP contribution in [0.15, 0.2) is 27.9 Å². The van der Waals surface area contributed by atoms with Crippen molar-refractivity contribution in [3.63, 3.8) is 0 Å². The van der Waals surface area contributed by atoms with Gasteiger partial charge in [0.1, 0.15) is 23.4 Å². The summed E-state index contributed by atoms with van der Waals surface area (Å²) in [5, 5.41) is 6.67. The van der Waals surface area contributed by atoms with Crippen LogP contribution in [-0.2, 0) is 27.6 Å². The predicted octanol–water partition coefficient (Wildman–Crippen LogP) is 3.86. The molecule has 0 spiro atoms. The zero-order chi connectivity index (χ0) is 21.1. The number of rotatable bonds is 6. The van der Waals surface area contributed by atoms with E-state index in [0.29, 0.717) is 11.1 Å². The van der Waals surface area contributed by atoms with Crippen molar-refractivity contribution in [2.75, 3.05) is 13.7 Å². The highest BCUT2D eigenvalue weighted by atomic mass is 35.5. The summed E-state index contributed by atoms with van der Waals surface area (Å²) in [6.07, 6.45) is -2.59. The molecule has 0 saturated heterocycles. The normalized spacial score (nSPS) is 18.6. The number of hydrogen-bond donors (Lipinski definition) is 0. The molecule has 28 heavy (non-hydrogen) atoms. The molecule has 2 rings (SSSR count). The van der Waals surface area contributed by atoms with Crippen molar-refractivity contribution >= 4 is 34.9 Å². The van der Waals surface area contributed by atoms with Gasteiger partial charge >= 0.3 is 12.1 Å². The Kier molecular flexibility index (Phi) is 7.00. The van der Waals surface area contributed by atoms with Gasteiger partial charge in [-0.05, 0) is 18.6 Å². The number of ether oxygens (including phenoxy) is 2. The standard InChI is InChI=1S/C16H16Cl2F3N3O4/c1-4-7-27-15(25)10-8(17)5-6-9(12(10)23-26-3)28-14-11(18)13(16(19,20)21)24(2)22-14/h5-6,9H,4,7H2,1-3H3. The molecule has 0 N–H and O–H groups in total. The highest BCUT2D eigenvalue weighted by molar-refractivity contribution is 6.39. The van der Waals surface area contributed by atoms with E-state index in [-0.39, 0.29) is 22.9 Å². The molecule has 7 nitrogen and oxygen atoms in total. The molecule has 154 valence electrons. The van der Waals surface area contributed by atoms with Crippen LogP contribution < -0.4 is 4.74 Å². The molecule has 0 amide bonds. The van der Waals surface area contributed by atoms with Crippen LogP contribution in [0.5, 0.6) is 5.88 Å². The molecule has 0 aromatic carbocycles. The highest BCUT2D eigenvalue weighted by Crippen LogP contribution is 2.39. The maximum atomic E-state index is 13.1. The molecule has 12 heteroatoms. The van der Waals surface area contributed by atoms with Crippen LogP contribution in [0.1, 0.15) is 19.0 Å². The van der Waals surface area contributed by atoms with Gasteiger partial charge in [-0.1, -0.05) is 35.3 Å². The molecule has 0 saturated carbocycles. The lowest BCUT2D eigenvalue weighted by molar-refractivity contribution is -0.143. The minimum Gasteiger partial charge on any atom is -0.462 e. The molecule has 1 aromatic rings. The van der Waals surface area contributed by atoms with Crippen LogP contribution in [-0.4, -0.2) is 41.3 Å². The summed E-state index contributed by atoms with van der Waals surface area (Å²) < 4.78 is 50.4. The molecule has 1 unspecified atom stereocenters. The highest BCUT2D eigenvalue weighted by Gasteiger charge is 2.40. The smallest absolute Gasteiger partial charge is 0.434 e. The average Bonchev–Trinajstić information content (AvgIpc) is 2.89. The number of hydrogen-bond acceptors (Lipinski definition) is 6. The van der Waals surface area contributed by atoms with Gasteiger partial charge < -0.3 is 14.3 Å². The van der Waals surface area contributed by atoms with Crippen LogP contribution in [0.3, 0.4) is 0 Å².